The van der Waals surface area contributed by atoms with Crippen LogP contribution in [0.15, 0.2) is 16.4 Å². The highest BCUT2D eigenvalue weighted by molar-refractivity contribution is 5.94. The molecule has 2 rings (SSSR count). The molecule has 0 aromatic carbocycles. The molecule has 58 valence electrons. The van der Waals surface area contributed by atoms with Gasteiger partial charge in [0.05, 0.1) is 18.4 Å². The normalized spacial score (nSPS) is 27.1. The molecule has 0 aromatic heterocycles. The summed E-state index contributed by atoms with van der Waals surface area (Å²) >= 11 is 0. The molecule has 0 aliphatic carbocycles. The van der Waals surface area contributed by atoms with E-state index in [0.717, 1.165) is 0 Å². The Morgan fingerprint density at radius 1 is 1.82 bits per heavy atom. The van der Waals surface area contributed by atoms with Crippen LogP contribution in [0.4, 0.5) is 0 Å². The molecule has 2 heterocycles. The summed E-state index contributed by atoms with van der Waals surface area (Å²) in [6, 6.07) is -0.0129. The smallest absolute Gasteiger partial charge is 0.356 e. The van der Waals surface area contributed by atoms with E-state index < -0.39 is 5.97 Å². The van der Waals surface area contributed by atoms with E-state index >= 15 is 0 Å². The van der Waals surface area contributed by atoms with Gasteiger partial charge in [-0.25, -0.2) is 9.79 Å². The van der Waals surface area contributed by atoms with Crippen molar-refractivity contribution in [3.63, 3.8) is 0 Å². The van der Waals surface area contributed by atoms with E-state index in [0.29, 0.717) is 12.4 Å². The zero-order valence-corrected chi connectivity index (χ0v) is 5.66. The number of nitrogens with zero attached hydrogens (tertiary/aromatic N) is 1. The molecule has 0 bridgehead atoms. The summed E-state index contributed by atoms with van der Waals surface area (Å²) in [7, 11) is 0. The second-order valence-corrected chi connectivity index (χ2v) is 2.38. The Balaban J connectivity index is 2.37. The monoisotopic (exact) mass is 153 g/mol. The van der Waals surface area contributed by atoms with Crippen molar-refractivity contribution in [2.45, 2.75) is 6.04 Å². The highest BCUT2D eigenvalue weighted by Gasteiger charge is 2.29. The summed E-state index contributed by atoms with van der Waals surface area (Å²) in [5.41, 5.74) is 0.803. The zero-order chi connectivity index (χ0) is 7.84. The zero-order valence-electron chi connectivity index (χ0n) is 5.66. The van der Waals surface area contributed by atoms with Gasteiger partial charge in [0.25, 0.3) is 0 Å². The first kappa shape index (κ1) is 6.36. The molecule has 1 fully saturated rings. The largest absolute Gasteiger partial charge is 0.476 e. The van der Waals surface area contributed by atoms with E-state index in [1.54, 1.807) is 6.21 Å². The van der Waals surface area contributed by atoms with Gasteiger partial charge in [-0.15, -0.1) is 0 Å². The van der Waals surface area contributed by atoms with E-state index in [1.165, 1.54) is 0 Å². The van der Waals surface area contributed by atoms with Gasteiger partial charge in [0.15, 0.2) is 5.70 Å². The molecule has 2 aliphatic rings. The maximum Gasteiger partial charge on any atom is 0.356 e. The minimum atomic E-state index is -0.977. The lowest BCUT2D eigenvalue weighted by molar-refractivity contribution is -0.132. The van der Waals surface area contributed by atoms with Crippen molar-refractivity contribution < 1.29 is 9.90 Å². The fourth-order valence-electron chi connectivity index (χ4n) is 1.22. The van der Waals surface area contributed by atoms with Gasteiger partial charge in [0, 0.05) is 6.21 Å². The molecular formula is C6H7N3O2. The van der Waals surface area contributed by atoms with Crippen LogP contribution in [-0.2, 0) is 4.79 Å². The fraction of sp³-hybridized carbons (Fsp3) is 0.333. The van der Waals surface area contributed by atoms with Gasteiger partial charge in [0.1, 0.15) is 0 Å². The number of hydrogen-bond donors (Lipinski definition) is 3. The maximum atomic E-state index is 10.5. The van der Waals surface area contributed by atoms with Crippen molar-refractivity contribution in [3.8, 4) is 0 Å². The highest BCUT2D eigenvalue weighted by atomic mass is 16.4. The Labute approximate surface area is 62.8 Å². The van der Waals surface area contributed by atoms with E-state index in [-0.39, 0.29) is 11.7 Å². The first-order valence-corrected chi connectivity index (χ1v) is 3.28. The van der Waals surface area contributed by atoms with Gasteiger partial charge in [-0.3, -0.25) is 5.32 Å². The van der Waals surface area contributed by atoms with Crippen LogP contribution < -0.4 is 10.6 Å². The van der Waals surface area contributed by atoms with Crippen molar-refractivity contribution in [2.75, 3.05) is 6.67 Å². The van der Waals surface area contributed by atoms with Crippen LogP contribution in [0.5, 0.6) is 0 Å². The summed E-state index contributed by atoms with van der Waals surface area (Å²) in [4.78, 5) is 14.3. The van der Waals surface area contributed by atoms with Crippen LogP contribution in [0, 0.1) is 0 Å². The second kappa shape index (κ2) is 2.06. The molecule has 2 aliphatic heterocycles. The number of fused-ring (bicyclic) bond motifs is 1. The molecule has 0 saturated carbocycles. The first-order chi connectivity index (χ1) is 5.29. The molecule has 1 atom stereocenters. The molecule has 5 heteroatoms. The SMILES string of the molecule is O=C(O)C1=C2NCNC2C=N1. The molecule has 0 radical (unpaired) electrons. The molecule has 5 nitrogen and oxygen atoms in total. The minimum Gasteiger partial charge on any atom is -0.476 e. The Morgan fingerprint density at radius 2 is 2.64 bits per heavy atom. The second-order valence-electron chi connectivity index (χ2n) is 2.38. The van der Waals surface area contributed by atoms with Crippen LogP contribution in [0.1, 0.15) is 0 Å². The summed E-state index contributed by atoms with van der Waals surface area (Å²) in [6.45, 7) is 0.614. The summed E-state index contributed by atoms with van der Waals surface area (Å²) in [5.74, 6) is -0.977. The number of carboxylic acids is 1. The molecule has 1 saturated heterocycles. The quantitative estimate of drug-likeness (QED) is 0.446. The van der Waals surface area contributed by atoms with E-state index in [1.807, 2.05) is 0 Å². The van der Waals surface area contributed by atoms with Gasteiger partial charge >= 0.3 is 5.97 Å². The van der Waals surface area contributed by atoms with E-state index in [2.05, 4.69) is 15.6 Å². The Bertz CT molecular complexity index is 269. The van der Waals surface area contributed by atoms with Gasteiger partial charge in [-0.1, -0.05) is 0 Å². The lowest BCUT2D eigenvalue weighted by Crippen LogP contribution is -2.22. The molecule has 11 heavy (non-hydrogen) atoms. The van der Waals surface area contributed by atoms with Gasteiger partial charge in [0.2, 0.25) is 0 Å². The van der Waals surface area contributed by atoms with Crippen LogP contribution in [0.25, 0.3) is 0 Å². The van der Waals surface area contributed by atoms with Crippen LogP contribution in [0.3, 0.4) is 0 Å². The summed E-state index contributed by atoms with van der Waals surface area (Å²) in [5, 5.41) is 14.6. The number of aliphatic carboxylic acids is 1. The molecule has 3 N–H and O–H groups in total. The number of nitrogens with one attached hydrogen (secondary N) is 2. The third kappa shape index (κ3) is 0.813. The lowest BCUT2D eigenvalue weighted by Gasteiger charge is -1.97. The van der Waals surface area contributed by atoms with Crippen molar-refractivity contribution in [1.29, 1.82) is 0 Å². The van der Waals surface area contributed by atoms with Crippen molar-refractivity contribution in [1.82, 2.24) is 10.6 Å². The average Bonchev–Trinajstić information content (AvgIpc) is 2.41. The Morgan fingerprint density at radius 3 is 3.36 bits per heavy atom. The van der Waals surface area contributed by atoms with Crippen LogP contribution >= 0.6 is 0 Å². The summed E-state index contributed by atoms with van der Waals surface area (Å²) in [6.07, 6.45) is 1.60. The molecule has 1 unspecified atom stereocenters. The van der Waals surface area contributed by atoms with E-state index in [9.17, 15) is 4.79 Å². The molecule has 0 aromatic rings. The van der Waals surface area contributed by atoms with Crippen molar-refractivity contribution >= 4 is 12.2 Å². The highest BCUT2D eigenvalue weighted by Crippen LogP contribution is 2.16. The number of carboxylic acid groups (broad SMARTS) is 1. The fourth-order valence-corrected chi connectivity index (χ4v) is 1.22. The molecule has 0 amide bonds. The number of aliphatic imine (C=N–C) groups is 1. The predicted molar refractivity (Wildman–Crippen MR) is 38.1 cm³/mol. The Hall–Kier alpha value is -1.36. The number of rotatable bonds is 1. The standard InChI is InChI=1S/C6H7N3O2/c10-6(11)5-4-3(1-7-5)8-2-9-4/h1,3,8-9H,2H2,(H,10,11). The number of hydrogen-bond acceptors (Lipinski definition) is 4. The van der Waals surface area contributed by atoms with Crippen LogP contribution in [-0.4, -0.2) is 30.0 Å². The van der Waals surface area contributed by atoms with Gasteiger partial charge < -0.3 is 10.4 Å². The number of carbonyl (C=O) groups is 1. The first-order valence-electron chi connectivity index (χ1n) is 3.28. The third-order valence-electron chi connectivity index (χ3n) is 1.72. The van der Waals surface area contributed by atoms with Crippen LogP contribution in [0.2, 0.25) is 0 Å². The minimum absolute atomic E-state index is 0.0129. The molecular weight excluding hydrogens is 146 g/mol. The predicted octanol–water partition coefficient (Wildman–Crippen LogP) is -1.11. The molecule has 0 spiro atoms. The Kier molecular flexibility index (Phi) is 1.19. The van der Waals surface area contributed by atoms with Gasteiger partial charge in [-0.2, -0.15) is 0 Å². The topological polar surface area (TPSA) is 73.7 Å². The van der Waals surface area contributed by atoms with Gasteiger partial charge in [-0.05, 0) is 0 Å². The van der Waals surface area contributed by atoms with E-state index in [4.69, 9.17) is 5.11 Å². The van der Waals surface area contributed by atoms with Crippen molar-refractivity contribution in [2.24, 2.45) is 4.99 Å². The van der Waals surface area contributed by atoms with Crippen molar-refractivity contribution in [3.05, 3.63) is 11.4 Å². The average molecular weight is 153 g/mol. The third-order valence-corrected chi connectivity index (χ3v) is 1.72. The maximum absolute atomic E-state index is 10.5. The summed E-state index contributed by atoms with van der Waals surface area (Å²) < 4.78 is 0. The lowest BCUT2D eigenvalue weighted by atomic mass is 10.2.